The molecule has 0 atom stereocenters. The summed E-state index contributed by atoms with van der Waals surface area (Å²) in [6.45, 7) is 0. The molecule has 1 N–H and O–H groups in total. The molecule has 5 nitrogen and oxygen atoms in total. The minimum Gasteiger partial charge on any atom is -0.418 e. The van der Waals surface area contributed by atoms with Crippen molar-refractivity contribution in [2.24, 2.45) is 10.2 Å². The van der Waals surface area contributed by atoms with Gasteiger partial charge in [-0.25, -0.2) is 0 Å². The molecule has 0 aromatic heterocycles. The maximum absolute atomic E-state index is 10.6. The summed E-state index contributed by atoms with van der Waals surface area (Å²) in [6.07, 6.45) is 1.01. The van der Waals surface area contributed by atoms with Crippen LogP contribution in [0.3, 0.4) is 0 Å². The summed E-state index contributed by atoms with van der Waals surface area (Å²) in [5, 5.41) is 28.0. The Morgan fingerprint density at radius 1 is 1.05 bits per heavy atom. The van der Waals surface area contributed by atoms with Gasteiger partial charge in [0.2, 0.25) is 6.21 Å². The van der Waals surface area contributed by atoms with Crippen molar-refractivity contribution >= 4 is 29.2 Å². The average molecular weight is 276 g/mol. The second kappa shape index (κ2) is 5.97. The van der Waals surface area contributed by atoms with Gasteiger partial charge >= 0.3 is 0 Å². The van der Waals surface area contributed by atoms with Crippen LogP contribution in [0.1, 0.15) is 5.56 Å². The quantitative estimate of drug-likeness (QED) is 0.301. The summed E-state index contributed by atoms with van der Waals surface area (Å²) in [6, 6.07) is 13.7. The van der Waals surface area contributed by atoms with Crippen LogP contribution in [0.5, 0.6) is 0 Å². The highest BCUT2D eigenvalue weighted by Crippen LogP contribution is 2.22. The van der Waals surface area contributed by atoms with Crippen molar-refractivity contribution in [2.75, 3.05) is 0 Å². The first kappa shape index (κ1) is 13.0. The Morgan fingerprint density at radius 2 is 1.74 bits per heavy atom. The number of hydrogen-bond acceptors (Lipinski definition) is 4. The van der Waals surface area contributed by atoms with Gasteiger partial charge in [0.1, 0.15) is 0 Å². The van der Waals surface area contributed by atoms with Crippen LogP contribution in [0.15, 0.2) is 58.8 Å². The molecule has 0 radical (unpaired) electrons. The molecule has 2 aromatic rings. The molecule has 2 rings (SSSR count). The number of azo groups is 1. The summed E-state index contributed by atoms with van der Waals surface area (Å²) in [7, 11) is 0. The molecule has 2 aromatic carbocycles. The number of benzene rings is 2. The molecule has 19 heavy (non-hydrogen) atoms. The van der Waals surface area contributed by atoms with Crippen LogP contribution < -0.4 is 0 Å². The molecule has 0 unspecified atom stereocenters. The monoisotopic (exact) mass is 275 g/mol. The lowest BCUT2D eigenvalue weighted by atomic mass is 10.2. The lowest BCUT2D eigenvalue weighted by Crippen LogP contribution is -1.98. The Bertz CT molecular complexity index is 620. The third-order valence-electron chi connectivity index (χ3n) is 2.29. The van der Waals surface area contributed by atoms with Crippen molar-refractivity contribution in [3.8, 4) is 0 Å². The van der Waals surface area contributed by atoms with Gasteiger partial charge in [0.25, 0.3) is 0 Å². The second-order valence-electron chi connectivity index (χ2n) is 3.67. The Balaban J connectivity index is 2.28. The summed E-state index contributed by atoms with van der Waals surface area (Å²) < 4.78 is 0. The zero-order chi connectivity index (χ0) is 13.7. The van der Waals surface area contributed by atoms with Gasteiger partial charge in [0, 0.05) is 9.92 Å². The average Bonchev–Trinajstić information content (AvgIpc) is 2.39. The maximum Gasteiger partial charge on any atom is 0.242 e. The van der Waals surface area contributed by atoms with E-state index in [1.54, 1.807) is 48.5 Å². The topological polar surface area (TPSA) is 71.0 Å². The number of rotatable bonds is 3. The number of halogens is 1. The lowest BCUT2D eigenvalue weighted by Gasteiger charge is -1.97. The normalized spacial score (nSPS) is 11.9. The number of nitrogens with zero attached hydrogens (tertiary/aromatic N) is 3. The fourth-order valence-electron chi connectivity index (χ4n) is 1.43. The first-order chi connectivity index (χ1) is 9.15. The summed E-state index contributed by atoms with van der Waals surface area (Å²) >= 11 is 5.77. The molecule has 6 heteroatoms. The highest BCUT2D eigenvalue weighted by atomic mass is 35.5. The SMILES string of the molecule is [O-][N+](O)=Cc1ccccc1N=Nc1ccc(Cl)cc1. The Morgan fingerprint density at radius 3 is 2.42 bits per heavy atom. The Kier molecular flexibility index (Phi) is 4.10. The van der Waals surface area contributed by atoms with Gasteiger partial charge in [0.15, 0.2) is 0 Å². The highest BCUT2D eigenvalue weighted by Gasteiger charge is 2.02. The summed E-state index contributed by atoms with van der Waals surface area (Å²) in [5.41, 5.74) is 1.59. The molecule has 0 saturated heterocycles. The van der Waals surface area contributed by atoms with E-state index in [1.807, 2.05) is 0 Å². The Hall–Kier alpha value is -2.40. The minimum absolute atomic E-state index is 0.267. The molecule has 96 valence electrons. The fourth-order valence-corrected chi connectivity index (χ4v) is 1.55. The molecule has 0 heterocycles. The van der Waals surface area contributed by atoms with E-state index in [2.05, 4.69) is 10.2 Å². The van der Waals surface area contributed by atoms with Crippen LogP contribution in [-0.2, 0) is 0 Å². The smallest absolute Gasteiger partial charge is 0.242 e. The van der Waals surface area contributed by atoms with Crippen LogP contribution in [-0.4, -0.2) is 16.3 Å². The predicted molar refractivity (Wildman–Crippen MR) is 72.6 cm³/mol. The minimum atomic E-state index is -0.267. The van der Waals surface area contributed by atoms with E-state index in [0.717, 1.165) is 6.21 Å². The predicted octanol–water partition coefficient (Wildman–Crippen LogP) is 4.07. The summed E-state index contributed by atoms with van der Waals surface area (Å²) in [5.74, 6) is 0. The molecular weight excluding hydrogens is 266 g/mol. The van der Waals surface area contributed by atoms with Gasteiger partial charge in [-0.05, 0) is 36.4 Å². The highest BCUT2D eigenvalue weighted by molar-refractivity contribution is 6.30. The van der Waals surface area contributed by atoms with Crippen LogP contribution in [0, 0.1) is 5.21 Å². The van der Waals surface area contributed by atoms with Crippen molar-refractivity contribution in [3.05, 3.63) is 64.3 Å². The van der Waals surface area contributed by atoms with Crippen LogP contribution in [0.25, 0.3) is 0 Å². The first-order valence-corrected chi connectivity index (χ1v) is 5.79. The van der Waals surface area contributed by atoms with Gasteiger partial charge in [-0.15, -0.1) is 5.11 Å². The molecule has 0 spiro atoms. The third kappa shape index (κ3) is 3.79. The molecule has 0 bridgehead atoms. The zero-order valence-corrected chi connectivity index (χ0v) is 10.5. The standard InChI is InChI=1S/C13H10ClN3O2/c14-11-5-7-12(8-6-11)15-16-13-4-2-1-3-10(13)9-17(18)19/h1-9H,(H,18,19). The van der Waals surface area contributed by atoms with E-state index in [4.69, 9.17) is 16.8 Å². The van der Waals surface area contributed by atoms with Crippen molar-refractivity contribution in [1.29, 1.82) is 0 Å². The lowest BCUT2D eigenvalue weighted by molar-refractivity contribution is -0.722. The molecule has 0 saturated carbocycles. The van der Waals surface area contributed by atoms with Crippen molar-refractivity contribution < 1.29 is 10.1 Å². The van der Waals surface area contributed by atoms with E-state index in [-0.39, 0.29) is 4.90 Å². The van der Waals surface area contributed by atoms with Gasteiger partial charge in [-0.3, -0.25) is 5.21 Å². The second-order valence-corrected chi connectivity index (χ2v) is 4.10. The maximum atomic E-state index is 10.6. The number of hydrogen-bond donors (Lipinski definition) is 1. The molecule has 0 aliphatic carbocycles. The Labute approximate surface area is 114 Å². The van der Waals surface area contributed by atoms with Gasteiger partial charge < -0.3 is 5.21 Å². The molecule has 0 aliphatic heterocycles. The molecule has 0 fully saturated rings. The van der Waals surface area contributed by atoms with Gasteiger partial charge in [-0.1, -0.05) is 23.7 Å². The van der Waals surface area contributed by atoms with E-state index in [9.17, 15) is 5.21 Å². The fraction of sp³-hybridized carbons (Fsp3) is 0. The first-order valence-electron chi connectivity index (χ1n) is 5.41. The largest absolute Gasteiger partial charge is 0.418 e. The molecular formula is C13H10ClN3O2. The van der Waals surface area contributed by atoms with Crippen LogP contribution in [0.2, 0.25) is 5.02 Å². The third-order valence-corrected chi connectivity index (χ3v) is 2.54. The van der Waals surface area contributed by atoms with Crippen molar-refractivity contribution in [1.82, 2.24) is 0 Å². The van der Waals surface area contributed by atoms with Crippen LogP contribution in [0.4, 0.5) is 11.4 Å². The molecule has 0 amide bonds. The van der Waals surface area contributed by atoms with Crippen molar-refractivity contribution in [3.63, 3.8) is 0 Å². The van der Waals surface area contributed by atoms with E-state index >= 15 is 0 Å². The van der Waals surface area contributed by atoms with E-state index in [0.29, 0.717) is 22.0 Å². The van der Waals surface area contributed by atoms with Gasteiger partial charge in [0.05, 0.1) is 16.9 Å². The van der Waals surface area contributed by atoms with E-state index < -0.39 is 0 Å². The van der Waals surface area contributed by atoms with Crippen LogP contribution >= 0.6 is 11.6 Å². The van der Waals surface area contributed by atoms with Gasteiger partial charge in [-0.2, -0.15) is 5.11 Å². The van der Waals surface area contributed by atoms with E-state index in [1.165, 1.54) is 0 Å². The summed E-state index contributed by atoms with van der Waals surface area (Å²) in [4.78, 5) is -0.267. The zero-order valence-electron chi connectivity index (χ0n) is 9.77. The van der Waals surface area contributed by atoms with Crippen molar-refractivity contribution in [2.45, 2.75) is 0 Å². The molecule has 0 aliphatic rings.